The first-order chi connectivity index (χ1) is 8.60. The summed E-state index contributed by atoms with van der Waals surface area (Å²) < 4.78 is 6.95. The van der Waals surface area contributed by atoms with Gasteiger partial charge in [-0.25, -0.2) is 0 Å². The summed E-state index contributed by atoms with van der Waals surface area (Å²) in [4.78, 5) is 0. The lowest BCUT2D eigenvalue weighted by atomic mass is 10.2. The summed E-state index contributed by atoms with van der Waals surface area (Å²) in [6, 6.07) is 11.5. The molecule has 0 amide bonds. The van der Waals surface area contributed by atoms with E-state index in [0.29, 0.717) is 5.02 Å². The van der Waals surface area contributed by atoms with Crippen molar-refractivity contribution in [1.29, 1.82) is 0 Å². The summed E-state index contributed by atoms with van der Waals surface area (Å²) in [5.41, 5.74) is 2.20. The van der Waals surface area contributed by atoms with Gasteiger partial charge in [-0.1, -0.05) is 49.5 Å². The van der Waals surface area contributed by atoms with Crippen molar-refractivity contribution in [3.63, 3.8) is 0 Å². The van der Waals surface area contributed by atoms with Crippen LogP contribution in [-0.4, -0.2) is 0 Å². The zero-order valence-corrected chi connectivity index (χ0v) is 13.6. The summed E-state index contributed by atoms with van der Waals surface area (Å²) in [5.74, 6) is 1.58. The van der Waals surface area contributed by atoms with Gasteiger partial charge in [0.2, 0.25) is 0 Å². The lowest BCUT2D eigenvalue weighted by Crippen LogP contribution is -1.90. The highest BCUT2D eigenvalue weighted by atomic mass is 79.9. The second kappa shape index (κ2) is 6.09. The Morgan fingerprint density at radius 2 is 1.94 bits per heavy atom. The Morgan fingerprint density at radius 3 is 2.61 bits per heavy atom. The van der Waals surface area contributed by atoms with Gasteiger partial charge in [0.1, 0.15) is 11.5 Å². The quantitative estimate of drug-likeness (QED) is 0.576. The summed E-state index contributed by atoms with van der Waals surface area (Å²) in [5, 5.41) is 1.40. The van der Waals surface area contributed by atoms with Crippen molar-refractivity contribution in [2.45, 2.75) is 12.3 Å². The minimum absolute atomic E-state index is 0.670. The van der Waals surface area contributed by atoms with Gasteiger partial charge in [0.25, 0.3) is 0 Å². The maximum absolute atomic E-state index is 5.99. The monoisotopic (exact) mass is 388 g/mol. The van der Waals surface area contributed by atoms with E-state index in [1.807, 2.05) is 43.3 Å². The number of aryl methyl sites for hydroxylation is 1. The smallest absolute Gasteiger partial charge is 0.132 e. The number of hydrogen-bond acceptors (Lipinski definition) is 1. The molecule has 0 saturated heterocycles. The van der Waals surface area contributed by atoms with Crippen LogP contribution in [-0.2, 0) is 5.33 Å². The Morgan fingerprint density at radius 1 is 1.17 bits per heavy atom. The van der Waals surface area contributed by atoms with Crippen LogP contribution in [0.5, 0.6) is 11.5 Å². The van der Waals surface area contributed by atoms with Crippen molar-refractivity contribution in [1.82, 2.24) is 0 Å². The largest absolute Gasteiger partial charge is 0.457 e. The maximum Gasteiger partial charge on any atom is 0.132 e. The molecule has 18 heavy (non-hydrogen) atoms. The average Bonchev–Trinajstić information content (AvgIpc) is 2.34. The average molecular weight is 391 g/mol. The van der Waals surface area contributed by atoms with Crippen LogP contribution in [0.3, 0.4) is 0 Å². The first kappa shape index (κ1) is 13.9. The molecule has 0 bridgehead atoms. The third-order valence-corrected chi connectivity index (χ3v) is 4.26. The second-order valence-corrected chi connectivity index (χ2v) is 5.75. The van der Waals surface area contributed by atoms with Crippen LogP contribution in [0.4, 0.5) is 0 Å². The van der Waals surface area contributed by atoms with Crippen LogP contribution in [0.2, 0.25) is 5.02 Å². The van der Waals surface area contributed by atoms with Gasteiger partial charge < -0.3 is 4.74 Å². The fourth-order valence-corrected chi connectivity index (χ4v) is 2.41. The van der Waals surface area contributed by atoms with Gasteiger partial charge in [-0.3, -0.25) is 0 Å². The van der Waals surface area contributed by atoms with Crippen LogP contribution in [0.15, 0.2) is 40.9 Å². The fourth-order valence-electron chi connectivity index (χ4n) is 1.54. The van der Waals surface area contributed by atoms with Gasteiger partial charge >= 0.3 is 0 Å². The molecule has 0 heterocycles. The second-order valence-electron chi connectivity index (χ2n) is 3.90. The number of hydrogen-bond donors (Lipinski definition) is 0. The zero-order valence-electron chi connectivity index (χ0n) is 9.71. The first-order valence-corrected chi connectivity index (χ1v) is 7.68. The molecule has 0 N–H and O–H groups in total. The standard InChI is InChI=1S/C14H11Br2ClO/c1-9-6-12(4-5-13(9)16)18-14-7-11(17)3-2-10(14)8-15/h2-7H,8H2,1H3. The molecule has 0 saturated carbocycles. The summed E-state index contributed by atoms with van der Waals surface area (Å²) >= 11 is 12.9. The van der Waals surface area contributed by atoms with Crippen LogP contribution >= 0.6 is 43.5 Å². The third kappa shape index (κ3) is 3.28. The van der Waals surface area contributed by atoms with Crippen LogP contribution in [0.1, 0.15) is 11.1 Å². The Kier molecular flexibility index (Phi) is 4.71. The summed E-state index contributed by atoms with van der Waals surface area (Å²) in [7, 11) is 0. The van der Waals surface area contributed by atoms with Gasteiger partial charge in [-0.05, 0) is 42.8 Å². The van der Waals surface area contributed by atoms with E-state index in [4.69, 9.17) is 16.3 Å². The molecule has 0 aromatic heterocycles. The molecule has 2 aromatic rings. The molecule has 0 aliphatic carbocycles. The third-order valence-electron chi connectivity index (χ3n) is 2.53. The van der Waals surface area contributed by atoms with Gasteiger partial charge in [-0.2, -0.15) is 0 Å². The molecule has 2 rings (SSSR count). The van der Waals surface area contributed by atoms with Crippen LogP contribution in [0, 0.1) is 6.92 Å². The Balaban J connectivity index is 2.33. The minimum Gasteiger partial charge on any atom is -0.457 e. The number of rotatable bonds is 3. The molecule has 4 heteroatoms. The minimum atomic E-state index is 0.670. The molecule has 2 aromatic carbocycles. The van der Waals surface area contributed by atoms with E-state index in [1.54, 1.807) is 0 Å². The molecule has 1 nitrogen and oxygen atoms in total. The van der Waals surface area contributed by atoms with Crippen molar-refractivity contribution in [2.24, 2.45) is 0 Å². The Bertz CT molecular complexity index is 570. The lowest BCUT2D eigenvalue weighted by Gasteiger charge is -2.11. The number of halogens is 3. The van der Waals surface area contributed by atoms with E-state index < -0.39 is 0 Å². The number of ether oxygens (including phenoxy) is 1. The topological polar surface area (TPSA) is 9.23 Å². The predicted octanol–water partition coefficient (Wildman–Crippen LogP) is 6.10. The van der Waals surface area contributed by atoms with E-state index in [2.05, 4.69) is 31.9 Å². The van der Waals surface area contributed by atoms with Gasteiger partial charge in [-0.15, -0.1) is 0 Å². The van der Waals surface area contributed by atoms with Crippen molar-refractivity contribution in [3.05, 3.63) is 57.0 Å². The number of alkyl halides is 1. The van der Waals surface area contributed by atoms with Gasteiger partial charge in [0.15, 0.2) is 0 Å². The van der Waals surface area contributed by atoms with E-state index in [0.717, 1.165) is 32.4 Å². The molecule has 0 fully saturated rings. The van der Waals surface area contributed by atoms with Crippen LogP contribution in [0.25, 0.3) is 0 Å². The highest BCUT2D eigenvalue weighted by molar-refractivity contribution is 9.10. The maximum atomic E-state index is 5.99. The van der Waals surface area contributed by atoms with Crippen molar-refractivity contribution < 1.29 is 4.74 Å². The van der Waals surface area contributed by atoms with E-state index in [9.17, 15) is 0 Å². The molecule has 0 unspecified atom stereocenters. The lowest BCUT2D eigenvalue weighted by molar-refractivity contribution is 0.478. The first-order valence-electron chi connectivity index (χ1n) is 5.38. The van der Waals surface area contributed by atoms with Crippen molar-refractivity contribution in [3.8, 4) is 11.5 Å². The number of benzene rings is 2. The Labute approximate surface area is 128 Å². The van der Waals surface area contributed by atoms with Gasteiger partial charge in [0.05, 0.1) is 0 Å². The molecule has 0 aliphatic rings. The zero-order chi connectivity index (χ0) is 13.1. The molecule has 0 radical (unpaired) electrons. The molecule has 0 spiro atoms. The summed E-state index contributed by atoms with van der Waals surface area (Å²) in [6.07, 6.45) is 0. The van der Waals surface area contributed by atoms with E-state index in [-0.39, 0.29) is 0 Å². The van der Waals surface area contributed by atoms with E-state index in [1.165, 1.54) is 0 Å². The molecule has 0 aliphatic heterocycles. The normalized spacial score (nSPS) is 10.4. The summed E-state index contributed by atoms with van der Waals surface area (Å²) in [6.45, 7) is 2.03. The van der Waals surface area contributed by atoms with Crippen LogP contribution < -0.4 is 4.74 Å². The SMILES string of the molecule is Cc1cc(Oc2cc(Cl)ccc2CBr)ccc1Br. The fraction of sp³-hybridized carbons (Fsp3) is 0.143. The predicted molar refractivity (Wildman–Crippen MR) is 83.0 cm³/mol. The molecule has 94 valence electrons. The van der Waals surface area contributed by atoms with Crippen molar-refractivity contribution >= 4 is 43.5 Å². The highest BCUT2D eigenvalue weighted by Crippen LogP contribution is 2.31. The molecule has 0 atom stereocenters. The van der Waals surface area contributed by atoms with Gasteiger partial charge in [0, 0.05) is 20.4 Å². The highest BCUT2D eigenvalue weighted by Gasteiger charge is 2.06. The molecular weight excluding hydrogens is 379 g/mol. The molecular formula is C14H11Br2ClO. The Hall–Kier alpha value is -0.510. The van der Waals surface area contributed by atoms with Crippen molar-refractivity contribution in [2.75, 3.05) is 0 Å². The van der Waals surface area contributed by atoms with E-state index >= 15 is 0 Å².